The van der Waals surface area contributed by atoms with Crippen molar-refractivity contribution in [1.82, 2.24) is 10.6 Å². The van der Waals surface area contributed by atoms with Crippen molar-refractivity contribution in [2.45, 2.75) is 6.04 Å². The van der Waals surface area contributed by atoms with E-state index in [1.165, 1.54) is 0 Å². The molecular formula is C6H10N2O4S. The molecule has 74 valence electrons. The van der Waals surface area contributed by atoms with Gasteiger partial charge < -0.3 is 15.7 Å². The lowest BCUT2D eigenvalue weighted by molar-refractivity contribution is -0.138. The summed E-state index contributed by atoms with van der Waals surface area (Å²) >= 11 is 3.80. The van der Waals surface area contributed by atoms with Gasteiger partial charge in [0.15, 0.2) is 0 Å². The SMILES string of the molecule is O=CN[C@@H](CS)C(=O)NCC(=O)O. The Labute approximate surface area is 80.1 Å². The van der Waals surface area contributed by atoms with Crippen LogP contribution in [0.4, 0.5) is 0 Å². The van der Waals surface area contributed by atoms with E-state index in [9.17, 15) is 14.4 Å². The summed E-state index contributed by atoms with van der Waals surface area (Å²) in [7, 11) is 0. The number of carbonyl (C=O) groups excluding carboxylic acids is 2. The van der Waals surface area contributed by atoms with Gasteiger partial charge in [-0.3, -0.25) is 14.4 Å². The van der Waals surface area contributed by atoms with Gasteiger partial charge in [0.2, 0.25) is 12.3 Å². The average molecular weight is 206 g/mol. The number of nitrogens with one attached hydrogen (secondary N) is 2. The molecule has 0 saturated carbocycles. The number of carboxylic acids is 1. The number of rotatable bonds is 6. The molecule has 2 amide bonds. The maximum absolute atomic E-state index is 11.0. The van der Waals surface area contributed by atoms with Crippen molar-refractivity contribution in [3.63, 3.8) is 0 Å². The average Bonchev–Trinajstić information content (AvgIpc) is 2.10. The Hall–Kier alpha value is -1.24. The molecule has 0 spiro atoms. The van der Waals surface area contributed by atoms with Crippen LogP contribution in [0.5, 0.6) is 0 Å². The van der Waals surface area contributed by atoms with E-state index in [0.717, 1.165) is 0 Å². The molecule has 0 aromatic heterocycles. The van der Waals surface area contributed by atoms with E-state index in [1.54, 1.807) is 0 Å². The fourth-order valence-corrected chi connectivity index (χ4v) is 0.851. The van der Waals surface area contributed by atoms with Crippen LogP contribution in [0.1, 0.15) is 0 Å². The van der Waals surface area contributed by atoms with E-state index in [0.29, 0.717) is 6.41 Å². The zero-order valence-corrected chi connectivity index (χ0v) is 7.58. The van der Waals surface area contributed by atoms with Crippen molar-refractivity contribution in [2.24, 2.45) is 0 Å². The minimum Gasteiger partial charge on any atom is -0.480 e. The van der Waals surface area contributed by atoms with Gasteiger partial charge in [-0.2, -0.15) is 12.6 Å². The van der Waals surface area contributed by atoms with Crippen molar-refractivity contribution in [3.05, 3.63) is 0 Å². The molecule has 0 rings (SSSR count). The molecule has 0 aliphatic carbocycles. The smallest absolute Gasteiger partial charge is 0.322 e. The first-order valence-electron chi connectivity index (χ1n) is 3.42. The monoisotopic (exact) mass is 206 g/mol. The van der Waals surface area contributed by atoms with Crippen molar-refractivity contribution in [2.75, 3.05) is 12.3 Å². The van der Waals surface area contributed by atoms with Crippen LogP contribution >= 0.6 is 12.6 Å². The molecule has 0 aliphatic rings. The lowest BCUT2D eigenvalue weighted by Crippen LogP contribution is -2.46. The molecule has 13 heavy (non-hydrogen) atoms. The van der Waals surface area contributed by atoms with Crippen molar-refractivity contribution in [1.29, 1.82) is 0 Å². The lowest BCUT2D eigenvalue weighted by atomic mass is 10.3. The Balaban J connectivity index is 3.90. The first kappa shape index (κ1) is 11.8. The molecule has 7 heteroatoms. The summed E-state index contributed by atoms with van der Waals surface area (Å²) in [6.07, 6.45) is 0.362. The molecule has 0 radical (unpaired) electrons. The largest absolute Gasteiger partial charge is 0.480 e. The fraction of sp³-hybridized carbons (Fsp3) is 0.500. The first-order chi connectivity index (χ1) is 6.11. The number of thiol groups is 1. The van der Waals surface area contributed by atoms with Gasteiger partial charge in [-0.05, 0) is 0 Å². The summed E-state index contributed by atoms with van der Waals surface area (Å²) < 4.78 is 0. The normalized spacial score (nSPS) is 11.5. The van der Waals surface area contributed by atoms with Crippen LogP contribution in [0.3, 0.4) is 0 Å². The van der Waals surface area contributed by atoms with E-state index < -0.39 is 24.5 Å². The van der Waals surface area contributed by atoms with E-state index in [-0.39, 0.29) is 5.75 Å². The predicted molar refractivity (Wildman–Crippen MR) is 47.5 cm³/mol. The Bertz CT molecular complexity index is 209. The summed E-state index contributed by atoms with van der Waals surface area (Å²) in [5.74, 6) is -1.59. The summed E-state index contributed by atoms with van der Waals surface area (Å²) in [5.41, 5.74) is 0. The van der Waals surface area contributed by atoms with Crippen LogP contribution in [0.25, 0.3) is 0 Å². The standard InChI is InChI=1S/C6H10N2O4S/c9-3-8-4(2-13)6(12)7-1-5(10)11/h3-4,13H,1-2H2,(H,7,12)(H,8,9)(H,10,11)/t4-/m0/s1. The fourth-order valence-electron chi connectivity index (χ4n) is 0.579. The third-order valence-corrected chi connectivity index (χ3v) is 1.55. The molecule has 3 N–H and O–H groups in total. The highest BCUT2D eigenvalue weighted by molar-refractivity contribution is 7.80. The van der Waals surface area contributed by atoms with Crippen LogP contribution in [0, 0.1) is 0 Å². The number of hydrogen-bond donors (Lipinski definition) is 4. The third-order valence-electron chi connectivity index (χ3n) is 1.18. The number of carboxylic acid groups (broad SMARTS) is 1. The Morgan fingerprint density at radius 1 is 1.54 bits per heavy atom. The number of carbonyl (C=O) groups is 3. The van der Waals surface area contributed by atoms with Gasteiger partial charge in [-0.15, -0.1) is 0 Å². The van der Waals surface area contributed by atoms with E-state index in [2.05, 4.69) is 23.3 Å². The molecule has 0 aromatic carbocycles. The highest BCUT2D eigenvalue weighted by Crippen LogP contribution is 1.86. The first-order valence-corrected chi connectivity index (χ1v) is 4.05. The highest BCUT2D eigenvalue weighted by atomic mass is 32.1. The molecule has 0 unspecified atom stereocenters. The maximum Gasteiger partial charge on any atom is 0.322 e. The number of hydrogen-bond acceptors (Lipinski definition) is 4. The van der Waals surface area contributed by atoms with Crippen LogP contribution in [-0.4, -0.2) is 41.7 Å². The maximum atomic E-state index is 11.0. The Morgan fingerprint density at radius 3 is 2.54 bits per heavy atom. The Kier molecular flexibility index (Phi) is 5.69. The molecule has 0 fully saturated rings. The lowest BCUT2D eigenvalue weighted by Gasteiger charge is -2.11. The van der Waals surface area contributed by atoms with E-state index >= 15 is 0 Å². The van der Waals surface area contributed by atoms with E-state index in [1.807, 2.05) is 0 Å². The van der Waals surface area contributed by atoms with Crippen LogP contribution in [0.15, 0.2) is 0 Å². The van der Waals surface area contributed by atoms with Crippen molar-refractivity contribution in [3.8, 4) is 0 Å². The molecule has 6 nitrogen and oxygen atoms in total. The second-order valence-corrected chi connectivity index (χ2v) is 2.50. The molecule has 1 atom stereocenters. The molecule has 0 saturated heterocycles. The topological polar surface area (TPSA) is 95.5 Å². The third kappa shape index (κ3) is 5.07. The predicted octanol–water partition coefficient (Wildman–Crippen LogP) is -1.77. The van der Waals surface area contributed by atoms with Gasteiger partial charge in [0, 0.05) is 5.75 Å². The molecule has 0 bridgehead atoms. The van der Waals surface area contributed by atoms with Crippen LogP contribution < -0.4 is 10.6 Å². The molecular weight excluding hydrogens is 196 g/mol. The van der Waals surface area contributed by atoms with Crippen LogP contribution in [-0.2, 0) is 14.4 Å². The molecule has 0 aliphatic heterocycles. The Morgan fingerprint density at radius 2 is 2.15 bits per heavy atom. The minimum atomic E-state index is -1.14. The van der Waals surface area contributed by atoms with Crippen LogP contribution in [0.2, 0.25) is 0 Å². The zero-order chi connectivity index (χ0) is 10.3. The summed E-state index contributed by atoms with van der Waals surface area (Å²) in [4.78, 5) is 31.0. The molecule has 0 aromatic rings. The van der Waals surface area contributed by atoms with Crippen molar-refractivity contribution < 1.29 is 19.5 Å². The van der Waals surface area contributed by atoms with Gasteiger partial charge in [0.25, 0.3) is 0 Å². The van der Waals surface area contributed by atoms with E-state index in [4.69, 9.17) is 5.11 Å². The summed E-state index contributed by atoms with van der Waals surface area (Å²) in [5, 5.41) is 12.5. The highest BCUT2D eigenvalue weighted by Gasteiger charge is 2.15. The summed E-state index contributed by atoms with van der Waals surface area (Å²) in [6, 6.07) is -0.791. The zero-order valence-electron chi connectivity index (χ0n) is 6.69. The molecule has 0 heterocycles. The van der Waals surface area contributed by atoms with Gasteiger partial charge in [-0.1, -0.05) is 0 Å². The number of amides is 2. The van der Waals surface area contributed by atoms with Gasteiger partial charge in [0.1, 0.15) is 12.6 Å². The minimum absolute atomic E-state index is 0.115. The van der Waals surface area contributed by atoms with Gasteiger partial charge in [-0.25, -0.2) is 0 Å². The van der Waals surface area contributed by atoms with Gasteiger partial charge >= 0.3 is 5.97 Å². The number of aliphatic carboxylic acids is 1. The quantitative estimate of drug-likeness (QED) is 0.305. The van der Waals surface area contributed by atoms with Gasteiger partial charge in [0.05, 0.1) is 0 Å². The second kappa shape index (κ2) is 6.30. The summed E-state index contributed by atoms with van der Waals surface area (Å²) in [6.45, 7) is -0.469. The second-order valence-electron chi connectivity index (χ2n) is 2.13. The van der Waals surface area contributed by atoms with Crippen molar-refractivity contribution >= 4 is 30.9 Å².